The van der Waals surface area contributed by atoms with Crippen LogP contribution in [-0.4, -0.2) is 144 Å². The first kappa shape index (κ1) is 54.8. The number of methoxy groups -OCH3 is 3. The van der Waals surface area contributed by atoms with E-state index in [0.717, 1.165) is 23.3 Å². The van der Waals surface area contributed by atoms with E-state index in [0.29, 0.717) is 43.6 Å². The number of benzene rings is 1. The van der Waals surface area contributed by atoms with Crippen LogP contribution in [0.1, 0.15) is 105 Å². The van der Waals surface area contributed by atoms with Gasteiger partial charge in [0.2, 0.25) is 17.7 Å². The lowest BCUT2D eigenvalue weighted by Gasteiger charge is -2.43. The van der Waals surface area contributed by atoms with Crippen LogP contribution < -0.4 is 16.0 Å². The molecule has 17 heteroatoms. The average molecular weight is 927 g/mol. The summed E-state index contributed by atoms with van der Waals surface area (Å²) in [7, 11) is 6.32. The molecule has 0 aromatic heterocycles. The van der Waals surface area contributed by atoms with Crippen molar-refractivity contribution in [3.05, 3.63) is 48.0 Å². The second-order valence-electron chi connectivity index (χ2n) is 18.2. The zero-order valence-corrected chi connectivity index (χ0v) is 41.2. The molecule has 3 N–H and O–H groups in total. The lowest BCUT2D eigenvalue weighted by atomic mass is 9.87. The molecular weight excluding hydrogens is 853 g/mol. The first-order valence-electron chi connectivity index (χ1n) is 22.9. The van der Waals surface area contributed by atoms with Gasteiger partial charge < -0.3 is 29.7 Å². The van der Waals surface area contributed by atoms with Crippen LogP contribution >= 0.6 is 12.2 Å². The van der Waals surface area contributed by atoms with E-state index in [1.165, 1.54) is 33.1 Å². The summed E-state index contributed by atoms with van der Waals surface area (Å²) in [6, 6.07) is 7.36. The molecule has 2 heterocycles. The molecule has 0 unspecified atom stereocenters. The molecule has 2 aliphatic heterocycles. The van der Waals surface area contributed by atoms with Crippen molar-refractivity contribution in [2.75, 3.05) is 41.5 Å². The Morgan fingerprint density at radius 1 is 0.938 bits per heavy atom. The maximum atomic E-state index is 14.4. The van der Waals surface area contributed by atoms with Crippen molar-refractivity contribution in [3.8, 4) is 0 Å². The molecule has 362 valence electrons. The molecule has 0 saturated carbocycles. The maximum absolute atomic E-state index is 14.4. The maximum Gasteiger partial charge on any atom is 0.328 e. The van der Waals surface area contributed by atoms with Gasteiger partial charge in [-0.05, 0) is 64.0 Å². The highest BCUT2D eigenvalue weighted by Gasteiger charge is 2.44. The van der Waals surface area contributed by atoms with Gasteiger partial charge in [0.05, 0.1) is 42.8 Å². The predicted octanol–water partition coefficient (Wildman–Crippen LogP) is 4.13. The fraction of sp³-hybridized carbons (Fsp3) is 0.667. The van der Waals surface area contributed by atoms with E-state index >= 15 is 0 Å². The number of carbonyl (C=O) groups is 7. The molecule has 0 aliphatic carbocycles. The highest BCUT2D eigenvalue weighted by Crippen LogP contribution is 2.31. The third-order valence-corrected chi connectivity index (χ3v) is 13.3. The Bertz CT molecular complexity index is 1820. The molecular formula is C48H74N6O10S. The fourth-order valence-corrected chi connectivity index (χ4v) is 9.29. The molecule has 0 radical (unpaired) electrons. The number of nitrogens with zero attached hydrogens (tertiary/aromatic N) is 3. The zero-order valence-electron chi connectivity index (χ0n) is 40.3. The van der Waals surface area contributed by atoms with E-state index in [4.69, 9.17) is 26.4 Å². The van der Waals surface area contributed by atoms with Gasteiger partial charge >= 0.3 is 5.97 Å². The normalized spacial score (nSPS) is 18.5. The second-order valence-corrected chi connectivity index (χ2v) is 18.7. The van der Waals surface area contributed by atoms with Crippen LogP contribution in [0.4, 0.5) is 0 Å². The molecule has 1 aromatic rings. The number of likely N-dealkylation sites (N-methyl/N-ethyl adjacent to an activating group) is 1. The summed E-state index contributed by atoms with van der Waals surface area (Å²) in [4.78, 5) is 96.7. The number of esters is 1. The van der Waals surface area contributed by atoms with Crippen LogP contribution in [0.2, 0.25) is 0 Å². The monoisotopic (exact) mass is 927 g/mol. The topological polar surface area (TPSA) is 193 Å². The number of ether oxygens (including phenoxy) is 3. The van der Waals surface area contributed by atoms with Crippen molar-refractivity contribution < 1.29 is 47.8 Å². The van der Waals surface area contributed by atoms with E-state index in [1.54, 1.807) is 14.2 Å². The summed E-state index contributed by atoms with van der Waals surface area (Å²) in [6.45, 7) is 13.6. The molecule has 1 fully saturated rings. The highest BCUT2D eigenvalue weighted by atomic mass is 32.1. The van der Waals surface area contributed by atoms with Gasteiger partial charge in [0, 0.05) is 64.3 Å². The van der Waals surface area contributed by atoms with E-state index in [9.17, 15) is 33.6 Å². The Morgan fingerprint density at radius 2 is 1.58 bits per heavy atom. The van der Waals surface area contributed by atoms with Gasteiger partial charge in [-0.2, -0.15) is 0 Å². The van der Waals surface area contributed by atoms with Gasteiger partial charge in [0.25, 0.3) is 17.7 Å². The fourth-order valence-electron chi connectivity index (χ4n) is 9.02. The number of unbranched alkanes of at least 4 members (excludes halogenated alkanes) is 2. The minimum Gasteiger partial charge on any atom is -0.467 e. The number of nitrogens with one attached hydrogen (secondary N) is 3. The highest BCUT2D eigenvalue weighted by molar-refractivity contribution is 7.80. The van der Waals surface area contributed by atoms with E-state index in [-0.39, 0.29) is 66.8 Å². The quantitative estimate of drug-likeness (QED) is 0.0521. The molecule has 1 saturated heterocycles. The first-order chi connectivity index (χ1) is 30.7. The molecule has 6 amide bonds. The summed E-state index contributed by atoms with van der Waals surface area (Å²) in [5, 5.41) is 8.51. The van der Waals surface area contributed by atoms with Crippen LogP contribution in [0, 0.1) is 17.8 Å². The molecule has 0 spiro atoms. The molecule has 8 atom stereocenters. The Balaban J connectivity index is 1.68. The van der Waals surface area contributed by atoms with Gasteiger partial charge in [-0.1, -0.05) is 90.0 Å². The van der Waals surface area contributed by atoms with Crippen LogP contribution in [0.3, 0.4) is 0 Å². The number of hydrogen-bond acceptors (Lipinski definition) is 12. The van der Waals surface area contributed by atoms with Crippen LogP contribution in [0.15, 0.2) is 42.5 Å². The van der Waals surface area contributed by atoms with E-state index in [2.05, 4.69) is 16.0 Å². The molecule has 1 aromatic carbocycles. The molecule has 3 rings (SSSR count). The largest absolute Gasteiger partial charge is 0.467 e. The van der Waals surface area contributed by atoms with Crippen molar-refractivity contribution in [2.24, 2.45) is 17.8 Å². The summed E-state index contributed by atoms with van der Waals surface area (Å²) in [5.74, 6) is -3.49. The lowest BCUT2D eigenvalue weighted by Crippen LogP contribution is -2.62. The Labute approximate surface area is 391 Å². The predicted molar refractivity (Wildman–Crippen MR) is 251 cm³/mol. The number of thiocarbonyl (C=S) groups is 1. The zero-order chi connectivity index (χ0) is 48.6. The SMILES string of the molecule is CC[C@H](C)[C@@H]([C@@H](CC(=O)N1CCC[C@H]1[C@H](OC)[C@@H](C)C(=S)N[C@@H](Cc1ccccc1)C(=O)OC)OC)N(C)[C@H](C(=O)NC(=O)C(C)(C)NC(=O)CCCCCN1C(=O)C=CC1=O)C(C)C. The summed E-state index contributed by atoms with van der Waals surface area (Å²) in [6.07, 6.45) is 5.68. The van der Waals surface area contributed by atoms with Crippen LogP contribution in [-0.2, 0) is 54.2 Å². The van der Waals surface area contributed by atoms with Gasteiger partial charge in [0.1, 0.15) is 11.6 Å². The average Bonchev–Trinajstić information content (AvgIpc) is 3.88. The van der Waals surface area contributed by atoms with Crippen molar-refractivity contribution >= 4 is 58.6 Å². The first-order valence-corrected chi connectivity index (χ1v) is 23.3. The van der Waals surface area contributed by atoms with E-state index in [1.807, 2.05) is 81.8 Å². The molecule has 2 aliphatic rings. The third kappa shape index (κ3) is 15.2. The number of carbonyl (C=O) groups excluding carboxylic acids is 7. The van der Waals surface area contributed by atoms with Crippen LogP contribution in [0.25, 0.3) is 0 Å². The molecule has 0 bridgehead atoms. The Morgan fingerprint density at radius 3 is 2.15 bits per heavy atom. The number of likely N-dealkylation sites (tertiary alicyclic amines) is 1. The van der Waals surface area contributed by atoms with E-state index < -0.39 is 53.7 Å². The molecule has 65 heavy (non-hydrogen) atoms. The minimum atomic E-state index is -1.42. The number of amides is 6. The number of rotatable bonds is 26. The van der Waals surface area contributed by atoms with Crippen LogP contribution in [0.5, 0.6) is 0 Å². The summed E-state index contributed by atoms with van der Waals surface area (Å²) in [5.41, 5.74) is -0.470. The number of hydrogen-bond donors (Lipinski definition) is 3. The van der Waals surface area contributed by atoms with Crippen molar-refractivity contribution in [2.45, 2.75) is 148 Å². The van der Waals surface area contributed by atoms with Crippen molar-refractivity contribution in [1.82, 2.24) is 30.7 Å². The van der Waals surface area contributed by atoms with Gasteiger partial charge in [-0.25, -0.2) is 4.79 Å². The Kier molecular flexibility index (Phi) is 21.8. The lowest BCUT2D eigenvalue weighted by molar-refractivity contribution is -0.143. The minimum absolute atomic E-state index is 0.0253. The van der Waals surface area contributed by atoms with Crippen molar-refractivity contribution in [3.63, 3.8) is 0 Å². The third-order valence-electron chi connectivity index (χ3n) is 12.8. The summed E-state index contributed by atoms with van der Waals surface area (Å²) < 4.78 is 17.3. The van der Waals surface area contributed by atoms with Crippen molar-refractivity contribution in [1.29, 1.82) is 0 Å². The standard InChI is InChI=1S/C48H74N6O10S/c1-12-31(4)42(52(8)41(30(2)3)44(59)50-47(61)48(6,7)51-37(55)23-17-14-18-26-54-38(56)24-25-39(54)57)36(62-9)29-40(58)53-27-19-22-35(53)43(63-10)32(5)45(65)49-34(46(60)64-11)28-33-20-15-13-16-21-33/h13,15-16,20-21,24-25,30-32,34-36,41-43H,12,14,17-19,22-23,26-29H2,1-11H3,(H,49,65)(H,51,55)(H,50,59,61)/t31-,32+,34-,35-,36+,41-,42-,43+/m0/s1. The molecule has 16 nitrogen and oxygen atoms in total. The smallest absolute Gasteiger partial charge is 0.328 e. The van der Waals surface area contributed by atoms with Gasteiger partial charge in [-0.3, -0.25) is 43.9 Å². The second kappa shape index (κ2) is 25.9. The van der Waals surface area contributed by atoms with Gasteiger partial charge in [-0.15, -0.1) is 0 Å². The number of imide groups is 2. The summed E-state index contributed by atoms with van der Waals surface area (Å²) >= 11 is 5.87. The Hall–Kier alpha value is -4.58. The van der Waals surface area contributed by atoms with Gasteiger partial charge in [0.15, 0.2) is 0 Å².